The van der Waals surface area contributed by atoms with Gasteiger partial charge in [-0.2, -0.15) is 0 Å². The van der Waals surface area contributed by atoms with E-state index in [2.05, 4.69) is 15.0 Å². The van der Waals surface area contributed by atoms with E-state index in [1.54, 1.807) is 0 Å². The van der Waals surface area contributed by atoms with Gasteiger partial charge in [0.25, 0.3) is 0 Å². The Hall–Kier alpha value is -2.35. The molecule has 1 N–H and O–H groups in total. The lowest BCUT2D eigenvalue weighted by Gasteiger charge is -2.02. The summed E-state index contributed by atoms with van der Waals surface area (Å²) in [5, 5.41) is 2.91. The summed E-state index contributed by atoms with van der Waals surface area (Å²) in [6.07, 6.45) is 0. The number of esters is 1. The molecule has 2 aromatic rings. The number of nitrogens with one attached hydrogen (secondary N) is 1. The summed E-state index contributed by atoms with van der Waals surface area (Å²) in [5.74, 6) is -3.07. The minimum absolute atomic E-state index is 0.111. The smallest absolute Gasteiger partial charge is 0.358 e. The molecule has 0 saturated carbocycles. The van der Waals surface area contributed by atoms with Crippen molar-refractivity contribution in [2.45, 2.75) is 6.92 Å². The second-order valence-electron chi connectivity index (χ2n) is 4.00. The van der Waals surface area contributed by atoms with Gasteiger partial charge in [-0.25, -0.2) is 18.6 Å². The Morgan fingerprint density at radius 3 is 2.57 bits per heavy atom. The van der Waals surface area contributed by atoms with Crippen LogP contribution in [0.4, 0.5) is 19.6 Å². The Kier molecular flexibility index (Phi) is 4.27. The zero-order chi connectivity index (χ0) is 15.6. The van der Waals surface area contributed by atoms with Crippen LogP contribution in [0.1, 0.15) is 27.1 Å². The van der Waals surface area contributed by atoms with Crippen LogP contribution in [0.3, 0.4) is 0 Å². The molecule has 0 radical (unpaired) electrons. The monoisotopic (exact) mass is 312 g/mol. The number of nitrogens with zero attached hydrogens (tertiary/aromatic N) is 1. The topological polar surface area (TPSA) is 68.3 Å². The molecule has 0 aliphatic rings. The van der Waals surface area contributed by atoms with Crippen LogP contribution in [0.15, 0.2) is 18.2 Å². The van der Waals surface area contributed by atoms with Crippen LogP contribution in [0, 0.1) is 11.6 Å². The van der Waals surface area contributed by atoms with Gasteiger partial charge >= 0.3 is 5.97 Å². The third kappa shape index (κ3) is 3.22. The van der Waals surface area contributed by atoms with Crippen LogP contribution in [-0.4, -0.2) is 23.8 Å². The number of hydrogen-bond acceptors (Lipinski definition) is 6. The molecular formula is C13H10F2N2O3S. The summed E-state index contributed by atoms with van der Waals surface area (Å²) in [7, 11) is 1.17. The number of aromatic nitrogens is 1. The second-order valence-corrected chi connectivity index (χ2v) is 5.00. The minimum atomic E-state index is -1.02. The van der Waals surface area contributed by atoms with Gasteiger partial charge in [-0.3, -0.25) is 4.79 Å². The van der Waals surface area contributed by atoms with Gasteiger partial charge in [-0.15, -0.1) is 0 Å². The van der Waals surface area contributed by atoms with E-state index >= 15 is 0 Å². The summed E-state index contributed by atoms with van der Waals surface area (Å²) < 4.78 is 30.5. The number of thiazole rings is 1. The Morgan fingerprint density at radius 1 is 1.29 bits per heavy atom. The van der Waals surface area contributed by atoms with Crippen molar-refractivity contribution in [2.75, 3.05) is 12.4 Å². The van der Waals surface area contributed by atoms with Crippen molar-refractivity contribution in [1.29, 1.82) is 0 Å². The van der Waals surface area contributed by atoms with Crippen LogP contribution < -0.4 is 5.32 Å². The van der Waals surface area contributed by atoms with E-state index < -0.39 is 17.6 Å². The molecule has 0 spiro atoms. The van der Waals surface area contributed by atoms with Gasteiger partial charge in [-0.1, -0.05) is 11.3 Å². The predicted molar refractivity (Wildman–Crippen MR) is 73.1 cm³/mol. The number of ether oxygens (including phenoxy) is 1. The molecule has 0 aliphatic carbocycles. The Labute approximate surface area is 122 Å². The van der Waals surface area contributed by atoms with E-state index in [0.717, 1.165) is 23.5 Å². The van der Waals surface area contributed by atoms with Crippen LogP contribution in [0.5, 0.6) is 0 Å². The average Bonchev–Trinajstić information content (AvgIpc) is 2.86. The summed E-state index contributed by atoms with van der Waals surface area (Å²) >= 11 is 0.927. The molecule has 0 atom stereocenters. The number of benzene rings is 1. The fraction of sp³-hybridized carbons (Fsp3) is 0.154. The first kappa shape index (κ1) is 15.0. The Morgan fingerprint density at radius 2 is 2.00 bits per heavy atom. The Balaban J connectivity index is 2.34. The second kappa shape index (κ2) is 5.96. The number of Topliss-reactive ketones (excluding diaryl/α,β-unsaturated/α-hetero) is 1. The molecule has 0 aliphatic heterocycles. The largest absolute Gasteiger partial charge is 0.464 e. The molecule has 8 heteroatoms. The molecule has 1 aromatic heterocycles. The van der Waals surface area contributed by atoms with Crippen molar-refractivity contribution in [1.82, 2.24) is 4.98 Å². The van der Waals surface area contributed by atoms with Crippen molar-refractivity contribution in [3.8, 4) is 0 Å². The fourth-order valence-corrected chi connectivity index (χ4v) is 2.41. The highest BCUT2D eigenvalue weighted by molar-refractivity contribution is 7.17. The minimum Gasteiger partial charge on any atom is -0.464 e. The molecule has 0 unspecified atom stereocenters. The standard InChI is InChI=1S/C13H10F2N2O3S/c1-6(18)11-10(12(19)20-2)17-13(21-11)16-7-3-4-8(14)9(15)5-7/h3-5H,1-2H3,(H,16,17). The average molecular weight is 312 g/mol. The van der Waals surface area contributed by atoms with Crippen LogP contribution in [0.2, 0.25) is 0 Å². The number of carbonyl (C=O) groups excluding carboxylic acids is 2. The molecule has 21 heavy (non-hydrogen) atoms. The van der Waals surface area contributed by atoms with E-state index in [1.165, 1.54) is 20.1 Å². The van der Waals surface area contributed by atoms with Crippen LogP contribution >= 0.6 is 11.3 Å². The van der Waals surface area contributed by atoms with Crippen molar-refractivity contribution in [2.24, 2.45) is 0 Å². The molecule has 5 nitrogen and oxygen atoms in total. The SMILES string of the molecule is COC(=O)c1nc(Nc2ccc(F)c(F)c2)sc1C(C)=O. The molecule has 2 rings (SSSR count). The van der Waals surface area contributed by atoms with Gasteiger partial charge in [0.1, 0.15) is 4.88 Å². The normalized spacial score (nSPS) is 10.3. The van der Waals surface area contributed by atoms with Crippen molar-refractivity contribution >= 4 is 33.9 Å². The van der Waals surface area contributed by atoms with Crippen molar-refractivity contribution in [3.63, 3.8) is 0 Å². The van der Waals surface area contributed by atoms with E-state index in [-0.39, 0.29) is 27.2 Å². The maximum absolute atomic E-state index is 13.1. The highest BCUT2D eigenvalue weighted by Crippen LogP contribution is 2.27. The van der Waals surface area contributed by atoms with E-state index in [9.17, 15) is 18.4 Å². The highest BCUT2D eigenvalue weighted by Gasteiger charge is 2.22. The number of anilines is 2. The Bertz CT molecular complexity index is 715. The fourth-order valence-electron chi connectivity index (χ4n) is 1.54. The van der Waals surface area contributed by atoms with Crippen molar-refractivity contribution < 1.29 is 23.1 Å². The molecule has 1 heterocycles. The van der Waals surface area contributed by atoms with E-state index in [1.807, 2.05) is 0 Å². The quantitative estimate of drug-likeness (QED) is 0.694. The number of halogens is 2. The van der Waals surface area contributed by atoms with Gasteiger partial charge in [0.2, 0.25) is 0 Å². The zero-order valence-electron chi connectivity index (χ0n) is 11.1. The highest BCUT2D eigenvalue weighted by atomic mass is 32.1. The molecule has 0 fully saturated rings. The number of methoxy groups -OCH3 is 1. The number of ketones is 1. The maximum Gasteiger partial charge on any atom is 0.358 e. The van der Waals surface area contributed by atoms with Crippen LogP contribution in [-0.2, 0) is 4.74 Å². The molecule has 110 valence electrons. The first-order chi connectivity index (χ1) is 9.92. The lowest BCUT2D eigenvalue weighted by Crippen LogP contribution is -2.07. The zero-order valence-corrected chi connectivity index (χ0v) is 11.9. The maximum atomic E-state index is 13.1. The predicted octanol–water partition coefficient (Wildman–Crippen LogP) is 3.15. The van der Waals surface area contributed by atoms with Crippen molar-refractivity contribution in [3.05, 3.63) is 40.4 Å². The number of rotatable bonds is 4. The summed E-state index contributed by atoms with van der Waals surface area (Å²) in [5.41, 5.74) is 0.134. The first-order valence-corrected chi connectivity index (χ1v) is 6.56. The number of hydrogen-bond donors (Lipinski definition) is 1. The summed E-state index contributed by atoms with van der Waals surface area (Å²) in [6.45, 7) is 1.29. The van der Waals surface area contributed by atoms with Gasteiger partial charge in [0, 0.05) is 18.7 Å². The lowest BCUT2D eigenvalue weighted by molar-refractivity contribution is 0.0591. The van der Waals surface area contributed by atoms with Gasteiger partial charge in [0.05, 0.1) is 7.11 Å². The summed E-state index contributed by atoms with van der Waals surface area (Å²) in [4.78, 5) is 27.1. The third-order valence-electron chi connectivity index (χ3n) is 2.50. The van der Waals surface area contributed by atoms with Gasteiger partial charge < -0.3 is 10.1 Å². The number of carbonyl (C=O) groups is 2. The first-order valence-electron chi connectivity index (χ1n) is 5.74. The molecule has 0 saturated heterocycles. The third-order valence-corrected chi connectivity index (χ3v) is 3.57. The molecular weight excluding hydrogens is 302 g/mol. The molecule has 0 bridgehead atoms. The lowest BCUT2D eigenvalue weighted by atomic mass is 10.3. The summed E-state index contributed by atoms with van der Waals surface area (Å²) in [6, 6.07) is 3.21. The molecule has 1 aromatic carbocycles. The van der Waals surface area contributed by atoms with Crippen LogP contribution in [0.25, 0.3) is 0 Å². The van der Waals surface area contributed by atoms with Gasteiger partial charge in [0.15, 0.2) is 28.2 Å². The van der Waals surface area contributed by atoms with Gasteiger partial charge in [-0.05, 0) is 12.1 Å². The van der Waals surface area contributed by atoms with E-state index in [4.69, 9.17) is 0 Å². The van der Waals surface area contributed by atoms with E-state index in [0.29, 0.717) is 0 Å². The molecule has 0 amide bonds.